The van der Waals surface area contributed by atoms with E-state index in [1.807, 2.05) is 6.21 Å². The summed E-state index contributed by atoms with van der Waals surface area (Å²) in [4.78, 5) is 0. The lowest BCUT2D eigenvalue weighted by Crippen LogP contribution is -2.32. The summed E-state index contributed by atoms with van der Waals surface area (Å²) < 4.78 is 0. The molecular weight excluding hydrogens is 398 g/mol. The van der Waals surface area contributed by atoms with Crippen LogP contribution >= 0.6 is 12.2 Å². The van der Waals surface area contributed by atoms with Crippen LogP contribution < -0.4 is 10.7 Å². The maximum Gasteiger partial charge on any atom is 0.186 e. The average molecular weight is 454 g/mol. The van der Waals surface area contributed by atoms with Crippen molar-refractivity contribution in [3.05, 3.63) is 0 Å². The zero-order chi connectivity index (χ0) is 22.8. The molecule has 0 aliphatic carbocycles. The number of unbranched alkanes of at least 4 members (excludes halogenated alkanes) is 16. The Kier molecular flexibility index (Phi) is 25.1. The van der Waals surface area contributed by atoms with Gasteiger partial charge in [0.25, 0.3) is 0 Å². The molecule has 0 saturated carbocycles. The van der Waals surface area contributed by atoms with Crippen LogP contribution in [-0.4, -0.2) is 17.9 Å². The van der Waals surface area contributed by atoms with Crippen LogP contribution in [0.2, 0.25) is 0 Å². The molecular formula is C27H55N3S. The maximum atomic E-state index is 5.30. The first-order valence-electron chi connectivity index (χ1n) is 13.8. The summed E-state index contributed by atoms with van der Waals surface area (Å²) in [6.45, 7) is 7.70. The zero-order valence-corrected chi connectivity index (χ0v) is 22.2. The second-order valence-electron chi connectivity index (χ2n) is 9.26. The van der Waals surface area contributed by atoms with Crippen molar-refractivity contribution < 1.29 is 0 Å². The van der Waals surface area contributed by atoms with Gasteiger partial charge in [0, 0.05) is 12.8 Å². The quantitative estimate of drug-likeness (QED) is 0.0701. The van der Waals surface area contributed by atoms with E-state index in [4.69, 9.17) is 12.2 Å². The smallest absolute Gasteiger partial charge is 0.186 e. The molecule has 3 nitrogen and oxygen atoms in total. The Balaban J connectivity index is 3.31. The third-order valence-corrected chi connectivity index (χ3v) is 6.46. The molecule has 0 aliphatic rings. The van der Waals surface area contributed by atoms with Gasteiger partial charge in [-0.05, 0) is 37.4 Å². The minimum absolute atomic E-state index is 0.565. The van der Waals surface area contributed by atoms with Crippen molar-refractivity contribution in [1.29, 1.82) is 0 Å². The van der Waals surface area contributed by atoms with E-state index < -0.39 is 0 Å². The average Bonchev–Trinajstić information content (AvgIpc) is 2.78. The van der Waals surface area contributed by atoms with E-state index >= 15 is 0 Å². The second kappa shape index (κ2) is 25.6. The van der Waals surface area contributed by atoms with Crippen molar-refractivity contribution in [2.45, 2.75) is 149 Å². The van der Waals surface area contributed by atoms with Crippen LogP contribution in [0.3, 0.4) is 0 Å². The summed E-state index contributed by atoms with van der Waals surface area (Å²) >= 11 is 5.30. The molecule has 0 fully saturated rings. The van der Waals surface area contributed by atoms with Crippen LogP contribution in [0.25, 0.3) is 0 Å². The fraction of sp³-hybridized carbons (Fsp3) is 0.926. The summed E-state index contributed by atoms with van der Waals surface area (Å²) in [5.74, 6) is 0.565. The number of hydrogen-bond donors (Lipinski definition) is 2. The molecule has 0 aromatic heterocycles. The number of hydrazone groups is 1. The SMILES string of the molecule is CCCCCCCCCCCCCCCCCCNC(=S)NN=CC(CC)CCCC. The minimum atomic E-state index is 0.565. The molecule has 0 radical (unpaired) electrons. The molecule has 1 atom stereocenters. The van der Waals surface area contributed by atoms with E-state index in [-0.39, 0.29) is 0 Å². The van der Waals surface area contributed by atoms with E-state index in [2.05, 4.69) is 36.6 Å². The third-order valence-electron chi connectivity index (χ3n) is 6.22. The van der Waals surface area contributed by atoms with E-state index in [1.165, 1.54) is 122 Å². The zero-order valence-electron chi connectivity index (χ0n) is 21.4. The standard InChI is InChI=1S/C27H55N3S/c1-4-7-9-10-11-12-13-14-15-16-17-18-19-20-21-22-24-28-27(31)30-29-25-26(6-3)23-8-5-2/h25-26H,4-24H2,1-3H3,(H2,28,30,31). The normalized spacial score (nSPS) is 12.4. The third kappa shape index (κ3) is 23.8. The molecule has 0 bridgehead atoms. The molecule has 0 aliphatic heterocycles. The fourth-order valence-electron chi connectivity index (χ4n) is 3.97. The summed E-state index contributed by atoms with van der Waals surface area (Å²) in [6.07, 6.45) is 29.4. The van der Waals surface area contributed by atoms with Gasteiger partial charge in [-0.1, -0.05) is 130 Å². The van der Waals surface area contributed by atoms with Crippen molar-refractivity contribution in [1.82, 2.24) is 10.7 Å². The number of thiocarbonyl (C=S) groups is 1. The van der Waals surface area contributed by atoms with Gasteiger partial charge in [-0.2, -0.15) is 5.10 Å². The van der Waals surface area contributed by atoms with Crippen LogP contribution in [0.15, 0.2) is 5.10 Å². The van der Waals surface area contributed by atoms with E-state index in [0.29, 0.717) is 11.0 Å². The minimum Gasteiger partial charge on any atom is -0.361 e. The number of rotatable bonds is 23. The van der Waals surface area contributed by atoms with Gasteiger partial charge in [-0.3, -0.25) is 5.43 Å². The lowest BCUT2D eigenvalue weighted by atomic mass is 10.0. The Morgan fingerprint density at radius 2 is 1.13 bits per heavy atom. The summed E-state index contributed by atoms with van der Waals surface area (Å²) in [7, 11) is 0. The van der Waals surface area contributed by atoms with E-state index in [9.17, 15) is 0 Å². The van der Waals surface area contributed by atoms with Crippen LogP contribution in [0.1, 0.15) is 149 Å². The molecule has 0 rings (SSSR count). The molecule has 184 valence electrons. The Morgan fingerprint density at radius 1 is 0.677 bits per heavy atom. The van der Waals surface area contributed by atoms with Gasteiger partial charge in [0.2, 0.25) is 0 Å². The van der Waals surface area contributed by atoms with Gasteiger partial charge in [-0.15, -0.1) is 0 Å². The highest BCUT2D eigenvalue weighted by Crippen LogP contribution is 2.13. The van der Waals surface area contributed by atoms with Gasteiger partial charge in [0.15, 0.2) is 5.11 Å². The Labute approximate surface area is 201 Å². The van der Waals surface area contributed by atoms with Crippen LogP contribution in [0.5, 0.6) is 0 Å². The van der Waals surface area contributed by atoms with Crippen molar-refractivity contribution in [3.8, 4) is 0 Å². The van der Waals surface area contributed by atoms with E-state index in [1.54, 1.807) is 0 Å². The molecule has 0 amide bonds. The summed E-state index contributed by atoms with van der Waals surface area (Å²) in [5.41, 5.74) is 2.97. The van der Waals surface area contributed by atoms with Crippen LogP contribution in [0.4, 0.5) is 0 Å². The molecule has 1 unspecified atom stereocenters. The number of nitrogens with one attached hydrogen (secondary N) is 2. The monoisotopic (exact) mass is 453 g/mol. The van der Waals surface area contributed by atoms with Gasteiger partial charge in [0.05, 0.1) is 0 Å². The van der Waals surface area contributed by atoms with Crippen molar-refractivity contribution >= 4 is 23.5 Å². The predicted octanol–water partition coefficient (Wildman–Crippen LogP) is 8.91. The van der Waals surface area contributed by atoms with Gasteiger partial charge < -0.3 is 5.32 Å². The first-order valence-corrected chi connectivity index (χ1v) is 14.2. The van der Waals surface area contributed by atoms with Gasteiger partial charge in [-0.25, -0.2) is 0 Å². The lowest BCUT2D eigenvalue weighted by molar-refractivity contribution is 0.529. The highest BCUT2D eigenvalue weighted by Gasteiger charge is 2.01. The molecule has 31 heavy (non-hydrogen) atoms. The molecule has 0 saturated heterocycles. The fourth-order valence-corrected chi connectivity index (χ4v) is 4.12. The molecule has 0 spiro atoms. The van der Waals surface area contributed by atoms with Crippen LogP contribution in [0, 0.1) is 5.92 Å². The van der Waals surface area contributed by atoms with E-state index in [0.717, 1.165) is 13.0 Å². The van der Waals surface area contributed by atoms with Crippen molar-refractivity contribution in [2.75, 3.05) is 6.54 Å². The maximum absolute atomic E-state index is 5.30. The Bertz CT molecular complexity index is 398. The molecule has 0 aromatic carbocycles. The second-order valence-corrected chi connectivity index (χ2v) is 9.67. The highest BCUT2D eigenvalue weighted by atomic mass is 32.1. The van der Waals surface area contributed by atoms with Gasteiger partial charge in [0.1, 0.15) is 0 Å². The topological polar surface area (TPSA) is 36.4 Å². The molecule has 2 N–H and O–H groups in total. The van der Waals surface area contributed by atoms with Crippen molar-refractivity contribution in [3.63, 3.8) is 0 Å². The molecule has 0 heterocycles. The largest absolute Gasteiger partial charge is 0.361 e. The Hall–Kier alpha value is -0.640. The summed E-state index contributed by atoms with van der Waals surface area (Å²) in [5, 5.41) is 8.24. The number of nitrogens with zero attached hydrogens (tertiary/aromatic N) is 1. The highest BCUT2D eigenvalue weighted by molar-refractivity contribution is 7.80. The summed E-state index contributed by atoms with van der Waals surface area (Å²) in [6, 6.07) is 0. The van der Waals surface area contributed by atoms with Crippen LogP contribution in [-0.2, 0) is 0 Å². The Morgan fingerprint density at radius 3 is 1.58 bits per heavy atom. The first-order chi connectivity index (χ1) is 15.2. The lowest BCUT2D eigenvalue weighted by Gasteiger charge is -2.09. The molecule has 0 aromatic rings. The van der Waals surface area contributed by atoms with Gasteiger partial charge >= 0.3 is 0 Å². The number of hydrogen-bond acceptors (Lipinski definition) is 2. The molecule has 4 heteroatoms. The predicted molar refractivity (Wildman–Crippen MR) is 145 cm³/mol. The van der Waals surface area contributed by atoms with Crippen molar-refractivity contribution in [2.24, 2.45) is 11.0 Å². The first kappa shape index (κ1) is 30.4.